The highest BCUT2D eigenvalue weighted by atomic mass is 35.5. The molecule has 1 atom stereocenters. The lowest BCUT2D eigenvalue weighted by molar-refractivity contribution is -0.239. The third-order valence-corrected chi connectivity index (χ3v) is 2.92. The minimum absolute atomic E-state index is 0.0475. The number of carbonyl (C=O) groups excluding carboxylic acids is 2. The topological polar surface area (TPSA) is 34.1 Å². The fourth-order valence-electron chi connectivity index (χ4n) is 1.43. The maximum absolute atomic E-state index is 13.1. The molecule has 1 aromatic rings. The number of carbonyl (C=O) groups is 2. The van der Waals surface area contributed by atoms with Crippen molar-refractivity contribution in [2.75, 3.05) is 0 Å². The summed E-state index contributed by atoms with van der Waals surface area (Å²) in [4.78, 5) is 22.7. The first-order valence-corrected chi connectivity index (χ1v) is 6.22. The lowest BCUT2D eigenvalue weighted by atomic mass is 10.0. The minimum Gasteiger partial charge on any atom is -0.294 e. The van der Waals surface area contributed by atoms with Crippen LogP contribution >= 0.6 is 23.2 Å². The van der Waals surface area contributed by atoms with Crippen LogP contribution in [-0.2, 0) is 4.79 Å². The van der Waals surface area contributed by atoms with Crippen LogP contribution in [0.1, 0.15) is 16.8 Å². The van der Waals surface area contributed by atoms with Gasteiger partial charge in [-0.25, -0.2) is 4.39 Å². The molecule has 2 nitrogen and oxygen atoms in total. The quantitative estimate of drug-likeness (QED) is 0.431. The first-order valence-electron chi connectivity index (χ1n) is 5.47. The maximum Gasteiger partial charge on any atom is 0.426 e. The Kier molecular flexibility index (Phi) is 5.51. The van der Waals surface area contributed by atoms with Gasteiger partial charge in [0.1, 0.15) is 0 Å². The molecule has 0 bridgehead atoms. The van der Waals surface area contributed by atoms with E-state index in [0.717, 1.165) is 12.1 Å². The molecule has 0 radical (unpaired) electrons. The van der Waals surface area contributed by atoms with E-state index in [0.29, 0.717) is 0 Å². The predicted octanol–water partition coefficient (Wildman–Crippen LogP) is 4.67. The predicted molar refractivity (Wildman–Crippen MR) is 66.3 cm³/mol. The average molecular weight is 367 g/mol. The number of benzene rings is 1. The van der Waals surface area contributed by atoms with Crippen LogP contribution in [0.4, 0.5) is 26.3 Å². The second-order valence-corrected chi connectivity index (χ2v) is 5.08. The first-order chi connectivity index (χ1) is 9.85. The number of ketones is 2. The Morgan fingerprint density at radius 2 is 1.45 bits per heavy atom. The van der Waals surface area contributed by atoms with E-state index >= 15 is 0 Å². The van der Waals surface area contributed by atoms with E-state index in [1.807, 2.05) is 0 Å². The molecule has 0 spiro atoms. The zero-order valence-electron chi connectivity index (χ0n) is 10.4. The molecule has 0 aliphatic heterocycles. The number of rotatable bonds is 5. The summed E-state index contributed by atoms with van der Waals surface area (Å²) in [6, 6.07) is 3.17. The fraction of sp³-hybridized carbons (Fsp3) is 0.333. The Hall–Kier alpha value is -1.28. The molecule has 1 unspecified atom stereocenters. The molecule has 0 saturated heterocycles. The lowest BCUT2D eigenvalue weighted by Crippen LogP contribution is -2.47. The first kappa shape index (κ1) is 18.8. The molecular weight excluding hydrogens is 361 g/mol. The highest BCUT2D eigenvalue weighted by Crippen LogP contribution is 2.36. The normalized spacial score (nSPS) is 13.8. The molecule has 0 N–H and O–H groups in total. The van der Waals surface area contributed by atoms with E-state index < -0.39 is 36.3 Å². The average Bonchev–Trinajstić information content (AvgIpc) is 2.35. The smallest absolute Gasteiger partial charge is 0.294 e. The molecule has 0 amide bonds. The van der Waals surface area contributed by atoms with Crippen LogP contribution in [0.3, 0.4) is 0 Å². The summed E-state index contributed by atoms with van der Waals surface area (Å²) < 4.78 is 74.7. The molecule has 0 aliphatic carbocycles. The van der Waals surface area contributed by atoms with Crippen LogP contribution in [0.25, 0.3) is 0 Å². The summed E-state index contributed by atoms with van der Waals surface area (Å²) in [5, 5.41) is -0.0950. The number of alkyl halides is 6. The van der Waals surface area contributed by atoms with Gasteiger partial charge >= 0.3 is 12.1 Å². The highest BCUT2D eigenvalue weighted by Gasteiger charge is 2.60. The maximum atomic E-state index is 13.1. The lowest BCUT2D eigenvalue weighted by Gasteiger charge is -2.21. The van der Waals surface area contributed by atoms with Crippen LogP contribution in [-0.4, -0.2) is 29.8 Å². The summed E-state index contributed by atoms with van der Waals surface area (Å²) in [7, 11) is 0. The van der Waals surface area contributed by atoms with Crippen molar-refractivity contribution in [1.82, 2.24) is 0 Å². The third kappa shape index (κ3) is 4.36. The zero-order valence-corrected chi connectivity index (χ0v) is 11.9. The molecule has 122 valence electrons. The van der Waals surface area contributed by atoms with Gasteiger partial charge in [0.2, 0.25) is 5.78 Å². The minimum atomic E-state index is -5.93. The third-order valence-electron chi connectivity index (χ3n) is 2.48. The molecule has 22 heavy (non-hydrogen) atoms. The van der Waals surface area contributed by atoms with Crippen molar-refractivity contribution in [3.63, 3.8) is 0 Å². The van der Waals surface area contributed by atoms with Gasteiger partial charge in [0.25, 0.3) is 6.17 Å². The summed E-state index contributed by atoms with van der Waals surface area (Å²) in [5.41, 5.74) is -0.357. The van der Waals surface area contributed by atoms with E-state index in [1.54, 1.807) is 0 Å². The van der Waals surface area contributed by atoms with Gasteiger partial charge in [-0.05, 0) is 18.2 Å². The van der Waals surface area contributed by atoms with Crippen molar-refractivity contribution in [2.45, 2.75) is 24.7 Å². The van der Waals surface area contributed by atoms with Crippen molar-refractivity contribution in [3.05, 3.63) is 33.8 Å². The Bertz CT molecular complexity index is 580. The Morgan fingerprint density at radius 1 is 1.00 bits per heavy atom. The SMILES string of the molecule is O=C(CC(=O)C(F)(F)C(F)C(F)(F)F)c1cc(Cl)cc(Cl)c1. The molecule has 0 fully saturated rings. The van der Waals surface area contributed by atoms with Crippen LogP contribution in [0.2, 0.25) is 10.0 Å². The summed E-state index contributed by atoms with van der Waals surface area (Å²) >= 11 is 11.1. The Labute approximate surface area is 130 Å². The van der Waals surface area contributed by atoms with Gasteiger partial charge in [-0.2, -0.15) is 22.0 Å². The van der Waals surface area contributed by atoms with Crippen molar-refractivity contribution >= 4 is 34.8 Å². The van der Waals surface area contributed by atoms with E-state index in [2.05, 4.69) is 0 Å². The standard InChI is InChI=1S/C12H6Cl2F6O2/c13-6-1-5(2-7(14)3-6)8(21)4-9(22)11(16,17)10(15)12(18,19)20/h1-3,10H,4H2. The second kappa shape index (κ2) is 6.45. The summed E-state index contributed by atoms with van der Waals surface area (Å²) in [5.74, 6) is -9.11. The number of halogens is 8. The van der Waals surface area contributed by atoms with E-state index in [9.17, 15) is 35.9 Å². The van der Waals surface area contributed by atoms with Gasteiger partial charge in [0, 0.05) is 15.6 Å². The summed E-state index contributed by atoms with van der Waals surface area (Å²) in [6.45, 7) is 0. The molecule has 10 heteroatoms. The Balaban J connectivity index is 2.94. The molecule has 1 rings (SSSR count). The molecule has 0 aliphatic rings. The molecule has 1 aromatic carbocycles. The fourth-order valence-corrected chi connectivity index (χ4v) is 1.95. The van der Waals surface area contributed by atoms with Crippen molar-refractivity contribution in [1.29, 1.82) is 0 Å². The van der Waals surface area contributed by atoms with Gasteiger partial charge in [-0.3, -0.25) is 9.59 Å². The van der Waals surface area contributed by atoms with Crippen molar-refractivity contribution in [2.24, 2.45) is 0 Å². The summed E-state index contributed by atoms with van der Waals surface area (Å²) in [6.07, 6.45) is -12.2. The number of Topliss-reactive ketones (excluding diaryl/α,β-unsaturated/α-hetero) is 2. The zero-order chi connectivity index (χ0) is 17.3. The molecular formula is C12H6Cl2F6O2. The highest BCUT2D eigenvalue weighted by molar-refractivity contribution is 6.35. The van der Waals surface area contributed by atoms with E-state index in [4.69, 9.17) is 23.2 Å². The van der Waals surface area contributed by atoms with Gasteiger partial charge < -0.3 is 0 Å². The van der Waals surface area contributed by atoms with Gasteiger partial charge in [-0.1, -0.05) is 23.2 Å². The largest absolute Gasteiger partial charge is 0.426 e. The molecule has 0 heterocycles. The van der Waals surface area contributed by atoms with Crippen LogP contribution in [0.5, 0.6) is 0 Å². The van der Waals surface area contributed by atoms with E-state index in [-0.39, 0.29) is 15.6 Å². The van der Waals surface area contributed by atoms with Crippen LogP contribution in [0, 0.1) is 0 Å². The monoisotopic (exact) mass is 366 g/mol. The van der Waals surface area contributed by atoms with Crippen LogP contribution in [0.15, 0.2) is 18.2 Å². The Morgan fingerprint density at radius 3 is 1.86 bits per heavy atom. The second-order valence-electron chi connectivity index (χ2n) is 4.21. The van der Waals surface area contributed by atoms with Gasteiger partial charge in [-0.15, -0.1) is 0 Å². The molecule has 0 aromatic heterocycles. The van der Waals surface area contributed by atoms with Crippen molar-refractivity contribution in [3.8, 4) is 0 Å². The van der Waals surface area contributed by atoms with E-state index in [1.165, 1.54) is 6.07 Å². The van der Waals surface area contributed by atoms with Crippen molar-refractivity contribution < 1.29 is 35.9 Å². The molecule has 0 saturated carbocycles. The van der Waals surface area contributed by atoms with Gasteiger partial charge in [0.15, 0.2) is 5.78 Å². The van der Waals surface area contributed by atoms with Crippen LogP contribution < -0.4 is 0 Å². The van der Waals surface area contributed by atoms with Gasteiger partial charge in [0.05, 0.1) is 6.42 Å². The number of hydrogen-bond acceptors (Lipinski definition) is 2. The number of hydrogen-bond donors (Lipinski definition) is 0.